The minimum Gasteiger partial charge on any atom is -0.357 e. The molecule has 1 aliphatic heterocycles. The van der Waals surface area contributed by atoms with Crippen LogP contribution in [0.2, 0.25) is 10.0 Å². The Bertz CT molecular complexity index is 915. The van der Waals surface area contributed by atoms with Crippen molar-refractivity contribution in [2.24, 2.45) is 10.7 Å². The summed E-state index contributed by atoms with van der Waals surface area (Å²) in [5, 5.41) is 4.19. The van der Waals surface area contributed by atoms with Crippen molar-refractivity contribution in [1.82, 2.24) is 4.98 Å². The van der Waals surface area contributed by atoms with Crippen molar-refractivity contribution in [3.05, 3.63) is 58.1 Å². The van der Waals surface area contributed by atoms with Crippen LogP contribution in [0.1, 0.15) is 11.7 Å². The summed E-state index contributed by atoms with van der Waals surface area (Å²) in [4.78, 5) is 7.80. The molecule has 22 heavy (non-hydrogen) atoms. The molecule has 2 aromatic carbocycles. The number of halogens is 2. The Morgan fingerprint density at radius 1 is 1.14 bits per heavy atom. The van der Waals surface area contributed by atoms with Crippen LogP contribution in [0.4, 0.5) is 5.95 Å². The Hall–Kier alpha value is -2.24. The van der Waals surface area contributed by atoms with Crippen LogP contribution >= 0.6 is 23.2 Å². The molecule has 0 saturated heterocycles. The first kappa shape index (κ1) is 13.4. The van der Waals surface area contributed by atoms with E-state index < -0.39 is 0 Å². The zero-order valence-electron chi connectivity index (χ0n) is 11.3. The van der Waals surface area contributed by atoms with Gasteiger partial charge >= 0.3 is 5.95 Å². The summed E-state index contributed by atoms with van der Waals surface area (Å²) in [6, 6.07) is 13.3. The van der Waals surface area contributed by atoms with E-state index in [9.17, 15) is 0 Å². The van der Waals surface area contributed by atoms with Gasteiger partial charge in [0, 0.05) is 10.6 Å². The minimum absolute atomic E-state index is 0.336. The Labute approximate surface area is 136 Å². The third-order valence-corrected chi connectivity index (χ3v) is 4.21. The second kappa shape index (κ2) is 4.90. The van der Waals surface area contributed by atoms with Gasteiger partial charge in [-0.3, -0.25) is 0 Å². The highest BCUT2D eigenvalue weighted by Crippen LogP contribution is 2.30. The monoisotopic (exact) mass is 332 g/mol. The highest BCUT2D eigenvalue weighted by Gasteiger charge is 2.32. The number of aromatic nitrogens is 2. The third-order valence-electron chi connectivity index (χ3n) is 3.65. The van der Waals surface area contributed by atoms with Gasteiger partial charge in [-0.2, -0.15) is 4.99 Å². The number of guanidine groups is 1. The number of anilines is 1. The van der Waals surface area contributed by atoms with Crippen molar-refractivity contribution in [1.29, 1.82) is 0 Å². The topological polar surface area (TPSA) is 70.1 Å². The van der Waals surface area contributed by atoms with Gasteiger partial charge in [0.05, 0.1) is 5.02 Å². The maximum absolute atomic E-state index is 6.36. The summed E-state index contributed by atoms with van der Waals surface area (Å²) >= 11 is 12.3. The van der Waals surface area contributed by atoms with Crippen molar-refractivity contribution < 1.29 is 4.57 Å². The molecular formula is C15H12Cl2N5+. The highest BCUT2D eigenvalue weighted by atomic mass is 35.5. The molecule has 0 bridgehead atoms. The third kappa shape index (κ3) is 2.01. The molecule has 1 aliphatic rings. The van der Waals surface area contributed by atoms with Crippen LogP contribution in [0.15, 0.2) is 47.5 Å². The van der Waals surface area contributed by atoms with Crippen LogP contribution < -0.4 is 15.6 Å². The second-order valence-corrected chi connectivity index (χ2v) is 5.88. The van der Waals surface area contributed by atoms with Crippen molar-refractivity contribution in [2.45, 2.75) is 6.17 Å². The minimum atomic E-state index is -0.350. The van der Waals surface area contributed by atoms with Gasteiger partial charge in [-0.1, -0.05) is 41.4 Å². The average Bonchev–Trinajstić information content (AvgIpc) is 2.84. The number of aliphatic imine (C=N–C) groups is 1. The SMILES string of the molecule is NC1=N[C@H](c2ccc(Cl)cc2Cl)[n+]2c([nH]c3ccccc32)N1. The molecule has 2 heterocycles. The molecule has 3 aromatic rings. The number of H-pyrrole nitrogens is 1. The summed E-state index contributed by atoms with van der Waals surface area (Å²) in [5.74, 6) is 1.10. The van der Waals surface area contributed by atoms with Crippen molar-refractivity contribution in [2.75, 3.05) is 5.32 Å². The molecule has 7 heteroatoms. The molecule has 0 spiro atoms. The molecule has 1 aromatic heterocycles. The largest absolute Gasteiger partial charge is 0.365 e. The normalized spacial score (nSPS) is 17.0. The number of hydrogen-bond donors (Lipinski definition) is 3. The molecule has 4 N–H and O–H groups in total. The quantitative estimate of drug-likeness (QED) is 0.599. The predicted molar refractivity (Wildman–Crippen MR) is 88.3 cm³/mol. The summed E-state index contributed by atoms with van der Waals surface area (Å²) < 4.78 is 2.03. The molecule has 4 rings (SSSR count). The number of nitrogens with two attached hydrogens (primary N) is 1. The molecule has 0 unspecified atom stereocenters. The first-order valence-electron chi connectivity index (χ1n) is 6.71. The van der Waals surface area contributed by atoms with E-state index in [4.69, 9.17) is 28.9 Å². The van der Waals surface area contributed by atoms with E-state index in [1.54, 1.807) is 12.1 Å². The van der Waals surface area contributed by atoms with Gasteiger partial charge in [-0.25, -0.2) is 14.9 Å². The standard InChI is InChI=1S/C15H11Cl2N5/c16-8-5-6-9(10(17)7-8)13-20-14(18)21-15-19-11-3-1-2-4-12(11)22(13)15/h1-7,13H,(H3,18,19,20,21)/p+1/t13-/m0/s1. The van der Waals surface area contributed by atoms with Gasteiger partial charge in [0.2, 0.25) is 6.17 Å². The molecule has 110 valence electrons. The van der Waals surface area contributed by atoms with Gasteiger partial charge in [-0.05, 0) is 24.3 Å². The van der Waals surface area contributed by atoms with E-state index in [-0.39, 0.29) is 6.17 Å². The Balaban J connectivity index is 1.98. The fraction of sp³-hybridized carbons (Fsp3) is 0.0667. The van der Waals surface area contributed by atoms with Gasteiger partial charge < -0.3 is 5.73 Å². The number of hydrogen-bond acceptors (Lipinski definition) is 3. The van der Waals surface area contributed by atoms with Crippen LogP contribution in [-0.4, -0.2) is 10.9 Å². The van der Waals surface area contributed by atoms with Crippen LogP contribution in [0, 0.1) is 0 Å². The molecule has 0 aliphatic carbocycles. The number of imidazole rings is 1. The number of fused-ring (bicyclic) bond motifs is 3. The Morgan fingerprint density at radius 3 is 2.77 bits per heavy atom. The summed E-state index contributed by atoms with van der Waals surface area (Å²) in [6.07, 6.45) is -0.350. The van der Waals surface area contributed by atoms with E-state index >= 15 is 0 Å². The summed E-state index contributed by atoms with van der Waals surface area (Å²) in [6.45, 7) is 0. The molecular weight excluding hydrogens is 321 g/mol. The maximum Gasteiger partial charge on any atom is 0.365 e. The molecule has 0 radical (unpaired) electrons. The maximum atomic E-state index is 6.36. The number of para-hydroxylation sites is 2. The zero-order valence-corrected chi connectivity index (χ0v) is 12.9. The van der Waals surface area contributed by atoms with Crippen LogP contribution in [0.5, 0.6) is 0 Å². The van der Waals surface area contributed by atoms with Gasteiger partial charge in [0.25, 0.3) is 5.96 Å². The van der Waals surface area contributed by atoms with E-state index in [0.717, 1.165) is 22.5 Å². The number of rotatable bonds is 1. The number of benzene rings is 2. The first-order chi connectivity index (χ1) is 10.6. The van der Waals surface area contributed by atoms with Crippen LogP contribution in [0.25, 0.3) is 11.0 Å². The lowest BCUT2D eigenvalue weighted by Crippen LogP contribution is -2.48. The Morgan fingerprint density at radius 2 is 1.95 bits per heavy atom. The van der Waals surface area contributed by atoms with E-state index in [1.165, 1.54) is 0 Å². The van der Waals surface area contributed by atoms with Crippen molar-refractivity contribution in [3.8, 4) is 0 Å². The average molecular weight is 333 g/mol. The molecule has 0 amide bonds. The molecule has 1 atom stereocenters. The smallest absolute Gasteiger partial charge is 0.357 e. The second-order valence-electron chi connectivity index (χ2n) is 5.04. The highest BCUT2D eigenvalue weighted by molar-refractivity contribution is 6.35. The van der Waals surface area contributed by atoms with Crippen LogP contribution in [-0.2, 0) is 0 Å². The lowest BCUT2D eigenvalue weighted by atomic mass is 10.1. The number of aromatic amines is 1. The summed E-state index contributed by atoms with van der Waals surface area (Å²) in [5.41, 5.74) is 8.76. The lowest BCUT2D eigenvalue weighted by molar-refractivity contribution is -0.674. The summed E-state index contributed by atoms with van der Waals surface area (Å²) in [7, 11) is 0. The van der Waals surface area contributed by atoms with Crippen LogP contribution in [0.3, 0.4) is 0 Å². The fourth-order valence-corrected chi connectivity index (χ4v) is 3.21. The molecule has 0 fully saturated rings. The number of nitrogens with one attached hydrogen (secondary N) is 2. The van der Waals surface area contributed by atoms with E-state index in [2.05, 4.69) is 15.3 Å². The zero-order chi connectivity index (χ0) is 15.3. The lowest BCUT2D eigenvalue weighted by Gasteiger charge is -2.19. The predicted octanol–water partition coefficient (Wildman–Crippen LogP) is 3.05. The van der Waals surface area contributed by atoms with Crippen molar-refractivity contribution >= 4 is 46.1 Å². The molecule has 0 saturated carbocycles. The Kier molecular flexibility index (Phi) is 2.99. The first-order valence-corrected chi connectivity index (χ1v) is 7.46. The van der Waals surface area contributed by atoms with Gasteiger partial charge in [-0.15, -0.1) is 0 Å². The van der Waals surface area contributed by atoms with Gasteiger partial charge in [0.15, 0.2) is 0 Å². The fourth-order valence-electron chi connectivity index (χ4n) is 2.71. The van der Waals surface area contributed by atoms with E-state index in [1.807, 2.05) is 34.9 Å². The van der Waals surface area contributed by atoms with Gasteiger partial charge in [0.1, 0.15) is 11.0 Å². The molecule has 5 nitrogen and oxygen atoms in total. The van der Waals surface area contributed by atoms with E-state index in [0.29, 0.717) is 16.0 Å². The van der Waals surface area contributed by atoms with Crippen molar-refractivity contribution in [3.63, 3.8) is 0 Å². The number of nitrogens with zero attached hydrogens (tertiary/aromatic N) is 2.